The maximum absolute atomic E-state index is 11.0. The normalized spacial score (nSPS) is 28.8. The number of aliphatic hydroxyl groups excluding tert-OH is 2. The summed E-state index contributed by atoms with van der Waals surface area (Å²) >= 11 is 6.37. The molecule has 3 fully saturated rings. The van der Waals surface area contributed by atoms with Crippen molar-refractivity contribution in [1.82, 2.24) is 9.55 Å². The summed E-state index contributed by atoms with van der Waals surface area (Å²) in [6, 6.07) is 3.98. The topological polar surface area (TPSA) is 158 Å². The minimum Gasteiger partial charge on any atom is -0.387 e. The van der Waals surface area contributed by atoms with Gasteiger partial charge < -0.3 is 34.0 Å². The van der Waals surface area contributed by atoms with Crippen LogP contribution in [-0.2, 0) is 20.5 Å². The number of fused-ring (bicyclic) bond motifs is 1. The van der Waals surface area contributed by atoms with Crippen molar-refractivity contribution in [3.05, 3.63) is 28.5 Å². The van der Waals surface area contributed by atoms with E-state index in [4.69, 9.17) is 30.9 Å². The number of nitrogens with zero attached hydrogens (tertiary/aromatic N) is 3. The largest absolute Gasteiger partial charge is 0.387 e. The average Bonchev–Trinajstić information content (AvgIpc) is 3.34. The molecule has 2 aliphatic carbocycles. The number of hydrogen-bond acceptors (Lipinski definition) is 7. The second kappa shape index (κ2) is 8.29. The number of aliphatic hydroxyl groups is 2. The molecule has 4 atom stereocenters. The lowest BCUT2D eigenvalue weighted by Gasteiger charge is -2.36. The molecule has 2 aromatic heterocycles. The van der Waals surface area contributed by atoms with Crippen molar-refractivity contribution in [1.29, 1.82) is 5.26 Å². The Kier molecular flexibility index (Phi) is 5.83. The van der Waals surface area contributed by atoms with E-state index >= 15 is 0 Å². The molecule has 3 aliphatic rings. The molecule has 2 aromatic rings. The van der Waals surface area contributed by atoms with E-state index in [0.717, 1.165) is 30.2 Å². The van der Waals surface area contributed by atoms with E-state index in [2.05, 4.69) is 11.1 Å². The lowest BCUT2D eigenvalue weighted by molar-refractivity contribution is -0.0610. The molecule has 0 aromatic carbocycles. The predicted octanol–water partition coefficient (Wildman–Crippen LogP) is 2.07. The van der Waals surface area contributed by atoms with Gasteiger partial charge in [-0.3, -0.25) is 4.57 Å². The molecule has 0 unspecified atom stereocenters. The molecule has 10 nitrogen and oxygen atoms in total. The van der Waals surface area contributed by atoms with Crippen LogP contribution in [0, 0.1) is 22.7 Å². The standard InChI is InChI=1S/C21H25ClN3O7P/c22-18-14(8-23)13(5-11-6-21(7-11)2-3-21)12-1-4-25(19(12)24-18)20-17(27)16(26)15(32-20)9-31-10-33(28,29)30/h1,4,11,15-17,20,26-27H,2-3,5-7,9-10H2,(H2,28,29,30)/t15-,16-,17-,20-/m1/s1. The van der Waals surface area contributed by atoms with E-state index in [0.29, 0.717) is 22.5 Å². The van der Waals surface area contributed by atoms with Gasteiger partial charge in [0.2, 0.25) is 0 Å². The van der Waals surface area contributed by atoms with E-state index in [-0.39, 0.29) is 11.8 Å². The summed E-state index contributed by atoms with van der Waals surface area (Å²) in [6.07, 6.45) is 1.81. The van der Waals surface area contributed by atoms with Crippen LogP contribution in [0.15, 0.2) is 12.3 Å². The van der Waals surface area contributed by atoms with Gasteiger partial charge in [0.15, 0.2) is 6.23 Å². The first kappa shape index (κ1) is 23.2. The molecule has 0 amide bonds. The highest BCUT2D eigenvalue weighted by molar-refractivity contribution is 7.51. The zero-order valence-corrected chi connectivity index (χ0v) is 19.3. The number of halogens is 1. The van der Waals surface area contributed by atoms with E-state index in [1.807, 2.05) is 0 Å². The first-order valence-corrected chi connectivity index (χ1v) is 13.0. The van der Waals surface area contributed by atoms with E-state index in [1.54, 1.807) is 16.8 Å². The Morgan fingerprint density at radius 2 is 2.06 bits per heavy atom. The lowest BCUT2D eigenvalue weighted by atomic mass is 9.69. The first-order valence-electron chi connectivity index (χ1n) is 10.8. The summed E-state index contributed by atoms with van der Waals surface area (Å²) in [7, 11) is -4.36. The van der Waals surface area contributed by atoms with Crippen LogP contribution >= 0.6 is 19.2 Å². The summed E-state index contributed by atoms with van der Waals surface area (Å²) in [4.78, 5) is 22.2. The third-order valence-corrected chi connectivity index (χ3v) is 7.87. The van der Waals surface area contributed by atoms with Crippen LogP contribution in [0.4, 0.5) is 0 Å². The first-order chi connectivity index (χ1) is 15.6. The fourth-order valence-corrected chi connectivity index (χ4v) is 5.88. The summed E-state index contributed by atoms with van der Waals surface area (Å²) in [5.41, 5.74) is 2.16. The fourth-order valence-electron chi connectivity index (χ4n) is 5.30. The number of ether oxygens (including phenoxy) is 2. The quantitative estimate of drug-likeness (QED) is 0.332. The molecular weight excluding hydrogens is 473 g/mol. The molecule has 4 N–H and O–H groups in total. The SMILES string of the molecule is N#Cc1c(Cl)nc2c(ccn2[C@@H]2O[C@H](COCP(=O)(O)O)[C@@H](O)[C@H]2O)c1CC1CC2(CC2)C1. The maximum atomic E-state index is 11.0. The van der Waals surface area contributed by atoms with Gasteiger partial charge in [0.25, 0.3) is 0 Å². The molecule has 12 heteroatoms. The minimum absolute atomic E-state index is 0.0787. The van der Waals surface area contributed by atoms with Crippen LogP contribution in [0.1, 0.15) is 43.0 Å². The minimum atomic E-state index is -4.36. The highest BCUT2D eigenvalue weighted by Gasteiger charge is 2.52. The lowest BCUT2D eigenvalue weighted by Crippen LogP contribution is -2.33. The Morgan fingerprint density at radius 1 is 1.33 bits per heavy atom. The van der Waals surface area contributed by atoms with Crippen LogP contribution in [0.2, 0.25) is 5.15 Å². The second-order valence-corrected chi connectivity index (χ2v) is 11.5. The molecule has 33 heavy (non-hydrogen) atoms. The number of hydrogen-bond donors (Lipinski definition) is 4. The van der Waals surface area contributed by atoms with Crippen LogP contribution < -0.4 is 0 Å². The Morgan fingerprint density at radius 3 is 2.70 bits per heavy atom. The van der Waals surface area contributed by atoms with Gasteiger partial charge in [0.1, 0.15) is 41.5 Å². The van der Waals surface area contributed by atoms with Gasteiger partial charge in [0, 0.05) is 11.6 Å². The second-order valence-electron chi connectivity index (χ2n) is 9.52. The molecule has 5 rings (SSSR count). The summed E-state index contributed by atoms with van der Waals surface area (Å²) in [5.74, 6) is 0.496. The van der Waals surface area contributed by atoms with Gasteiger partial charge >= 0.3 is 7.60 Å². The number of nitriles is 1. The Bertz CT molecular complexity index is 1160. The predicted molar refractivity (Wildman–Crippen MR) is 116 cm³/mol. The summed E-state index contributed by atoms with van der Waals surface area (Å²) in [5, 5.41) is 31.5. The van der Waals surface area contributed by atoms with Gasteiger partial charge in [-0.05, 0) is 55.1 Å². The third-order valence-electron chi connectivity index (χ3n) is 7.08. The van der Waals surface area contributed by atoms with Crippen molar-refractivity contribution in [3.63, 3.8) is 0 Å². The Hall–Kier alpha value is -1.54. The van der Waals surface area contributed by atoms with E-state index in [9.17, 15) is 20.0 Å². The van der Waals surface area contributed by atoms with Crippen molar-refractivity contribution in [3.8, 4) is 6.07 Å². The average molecular weight is 498 g/mol. The molecule has 0 radical (unpaired) electrons. The van der Waals surface area contributed by atoms with Crippen molar-refractivity contribution in [2.24, 2.45) is 11.3 Å². The van der Waals surface area contributed by atoms with Crippen molar-refractivity contribution < 1.29 is 34.0 Å². The maximum Gasteiger partial charge on any atom is 0.350 e. The number of pyridine rings is 1. The molecule has 1 aliphatic heterocycles. The van der Waals surface area contributed by atoms with E-state index in [1.165, 1.54) is 12.8 Å². The molecule has 178 valence electrons. The molecule has 2 saturated carbocycles. The van der Waals surface area contributed by atoms with Gasteiger partial charge in [0.05, 0.1) is 12.2 Å². The van der Waals surface area contributed by atoms with Crippen LogP contribution in [0.25, 0.3) is 11.0 Å². The Balaban J connectivity index is 1.40. The molecule has 3 heterocycles. The van der Waals surface area contributed by atoms with Gasteiger partial charge in [-0.15, -0.1) is 0 Å². The monoisotopic (exact) mass is 497 g/mol. The zero-order chi connectivity index (χ0) is 23.5. The molecule has 1 spiro atoms. The summed E-state index contributed by atoms with van der Waals surface area (Å²) < 4.78 is 23.3. The molecule has 0 bridgehead atoms. The smallest absolute Gasteiger partial charge is 0.350 e. The number of aromatic nitrogens is 2. The van der Waals surface area contributed by atoms with Crippen molar-refractivity contribution in [2.45, 2.75) is 56.6 Å². The van der Waals surface area contributed by atoms with E-state index < -0.39 is 38.5 Å². The van der Waals surface area contributed by atoms with Gasteiger partial charge in [-0.25, -0.2) is 4.98 Å². The highest BCUT2D eigenvalue weighted by Crippen LogP contribution is 2.64. The highest BCUT2D eigenvalue weighted by atomic mass is 35.5. The number of rotatable bonds is 7. The van der Waals surface area contributed by atoms with Crippen molar-refractivity contribution in [2.75, 3.05) is 13.0 Å². The van der Waals surface area contributed by atoms with Crippen molar-refractivity contribution >= 4 is 30.2 Å². The van der Waals surface area contributed by atoms with Crippen LogP contribution in [0.3, 0.4) is 0 Å². The molecule has 1 saturated heterocycles. The van der Waals surface area contributed by atoms with Gasteiger partial charge in [-0.1, -0.05) is 11.6 Å². The fraction of sp³-hybridized carbons (Fsp3) is 0.619. The third kappa shape index (κ3) is 4.33. The van der Waals surface area contributed by atoms with Crippen LogP contribution in [0.5, 0.6) is 0 Å². The molecular formula is C21H25ClN3O7P. The summed E-state index contributed by atoms with van der Waals surface area (Å²) in [6.45, 7) is -0.305. The Labute approximate surface area is 194 Å². The van der Waals surface area contributed by atoms with Crippen LogP contribution in [-0.4, -0.2) is 60.8 Å². The zero-order valence-electron chi connectivity index (χ0n) is 17.7. The van der Waals surface area contributed by atoms with Gasteiger partial charge in [-0.2, -0.15) is 5.26 Å².